The molecule has 2 saturated heterocycles. The smallest absolute Gasteiger partial charge is 0.128 e. The van der Waals surface area contributed by atoms with Crippen LogP contribution < -0.4 is 4.90 Å². The Morgan fingerprint density at radius 3 is 2.76 bits per heavy atom. The molecule has 4 heteroatoms. The van der Waals surface area contributed by atoms with E-state index in [0.717, 1.165) is 32.1 Å². The lowest BCUT2D eigenvalue weighted by molar-refractivity contribution is 0.122. The average Bonchev–Trinajstić information content (AvgIpc) is 2.57. The van der Waals surface area contributed by atoms with E-state index in [1.807, 2.05) is 0 Å². The number of pyridine rings is 1. The predicted octanol–water partition coefficient (Wildman–Crippen LogP) is 2.86. The fourth-order valence-corrected chi connectivity index (χ4v) is 3.50. The number of ether oxygens (including phenoxy) is 1. The van der Waals surface area contributed by atoms with Gasteiger partial charge in [-0.15, -0.1) is 0 Å². The van der Waals surface area contributed by atoms with Gasteiger partial charge in [0.1, 0.15) is 5.82 Å². The quantitative estimate of drug-likeness (QED) is 0.852. The van der Waals surface area contributed by atoms with Crippen molar-refractivity contribution in [3.05, 3.63) is 23.9 Å². The van der Waals surface area contributed by atoms with Crippen LogP contribution in [0.1, 0.15) is 44.2 Å². The summed E-state index contributed by atoms with van der Waals surface area (Å²) in [6, 6.07) is 5.06. The highest BCUT2D eigenvalue weighted by atomic mass is 16.5. The summed E-state index contributed by atoms with van der Waals surface area (Å²) in [5.41, 5.74) is 1.39. The molecule has 3 heterocycles. The van der Waals surface area contributed by atoms with Crippen molar-refractivity contribution in [2.75, 3.05) is 44.3 Å². The Labute approximate surface area is 128 Å². The van der Waals surface area contributed by atoms with Crippen LogP contribution in [0, 0.1) is 0 Å². The van der Waals surface area contributed by atoms with Gasteiger partial charge in [0.2, 0.25) is 0 Å². The molecule has 0 saturated carbocycles. The molecule has 0 bridgehead atoms. The molecule has 0 N–H and O–H groups in total. The SMILES string of the molecule is CCCN1CCCC[C@@H]1c1ccc(N2CCOCC2)nc1. The second-order valence-electron chi connectivity index (χ2n) is 6.10. The highest BCUT2D eigenvalue weighted by Gasteiger charge is 2.23. The molecule has 2 aliphatic rings. The van der Waals surface area contributed by atoms with E-state index in [-0.39, 0.29) is 0 Å². The van der Waals surface area contributed by atoms with E-state index >= 15 is 0 Å². The third kappa shape index (κ3) is 3.55. The van der Waals surface area contributed by atoms with Crippen molar-refractivity contribution >= 4 is 5.82 Å². The Bertz CT molecular complexity index is 426. The monoisotopic (exact) mass is 289 g/mol. The number of piperidine rings is 1. The van der Waals surface area contributed by atoms with E-state index in [1.165, 1.54) is 44.3 Å². The van der Waals surface area contributed by atoms with Crippen molar-refractivity contribution in [3.8, 4) is 0 Å². The van der Waals surface area contributed by atoms with Crippen molar-refractivity contribution in [1.29, 1.82) is 0 Å². The van der Waals surface area contributed by atoms with Gasteiger partial charge in [0.15, 0.2) is 0 Å². The van der Waals surface area contributed by atoms with E-state index in [2.05, 4.69) is 35.1 Å². The molecule has 2 aliphatic heterocycles. The normalized spacial score (nSPS) is 24.2. The molecule has 116 valence electrons. The number of nitrogens with zero attached hydrogens (tertiary/aromatic N) is 3. The topological polar surface area (TPSA) is 28.6 Å². The Morgan fingerprint density at radius 2 is 2.05 bits per heavy atom. The largest absolute Gasteiger partial charge is 0.378 e. The lowest BCUT2D eigenvalue weighted by Gasteiger charge is -2.36. The number of rotatable bonds is 4. The van der Waals surface area contributed by atoms with Crippen molar-refractivity contribution in [3.63, 3.8) is 0 Å². The summed E-state index contributed by atoms with van der Waals surface area (Å²) in [7, 11) is 0. The predicted molar refractivity (Wildman–Crippen MR) is 85.7 cm³/mol. The standard InChI is InChI=1S/C17H27N3O/c1-2-8-19-9-4-3-5-16(19)15-6-7-17(18-14-15)20-10-12-21-13-11-20/h6-7,14,16H,2-5,8-13H2,1H3/t16-/m1/s1. The summed E-state index contributed by atoms with van der Waals surface area (Å²) < 4.78 is 5.40. The molecule has 3 rings (SSSR count). The summed E-state index contributed by atoms with van der Waals surface area (Å²) in [6.07, 6.45) is 7.30. The van der Waals surface area contributed by atoms with Crippen LogP contribution >= 0.6 is 0 Å². The minimum atomic E-state index is 0.574. The van der Waals surface area contributed by atoms with Crippen molar-refractivity contribution < 1.29 is 4.74 Å². The van der Waals surface area contributed by atoms with Crippen molar-refractivity contribution in [1.82, 2.24) is 9.88 Å². The number of aromatic nitrogens is 1. The van der Waals surface area contributed by atoms with Gasteiger partial charge in [0.25, 0.3) is 0 Å². The molecule has 1 atom stereocenters. The van der Waals surface area contributed by atoms with Crippen LogP contribution in [0.15, 0.2) is 18.3 Å². The number of hydrogen-bond acceptors (Lipinski definition) is 4. The molecule has 1 aromatic rings. The van der Waals surface area contributed by atoms with Crippen LogP contribution in [-0.4, -0.2) is 49.3 Å². The van der Waals surface area contributed by atoms with Gasteiger partial charge in [-0.1, -0.05) is 19.4 Å². The molecular weight excluding hydrogens is 262 g/mol. The minimum Gasteiger partial charge on any atom is -0.378 e. The van der Waals surface area contributed by atoms with E-state index in [4.69, 9.17) is 9.72 Å². The average molecular weight is 289 g/mol. The van der Waals surface area contributed by atoms with Crippen LogP contribution in [0.5, 0.6) is 0 Å². The molecule has 2 fully saturated rings. The number of likely N-dealkylation sites (tertiary alicyclic amines) is 1. The van der Waals surface area contributed by atoms with Gasteiger partial charge in [-0.05, 0) is 44.0 Å². The third-order valence-electron chi connectivity index (χ3n) is 4.62. The van der Waals surface area contributed by atoms with Crippen molar-refractivity contribution in [2.24, 2.45) is 0 Å². The number of hydrogen-bond donors (Lipinski definition) is 0. The summed E-state index contributed by atoms with van der Waals surface area (Å²) in [5, 5.41) is 0. The van der Waals surface area contributed by atoms with Crippen LogP contribution in [0.4, 0.5) is 5.82 Å². The number of morpholine rings is 1. The first-order chi connectivity index (χ1) is 10.4. The van der Waals surface area contributed by atoms with Gasteiger partial charge >= 0.3 is 0 Å². The van der Waals surface area contributed by atoms with Gasteiger partial charge in [-0.2, -0.15) is 0 Å². The van der Waals surface area contributed by atoms with Crippen LogP contribution in [0.3, 0.4) is 0 Å². The Kier molecular flexibility index (Phi) is 5.09. The van der Waals surface area contributed by atoms with Gasteiger partial charge in [-0.3, -0.25) is 4.90 Å². The third-order valence-corrected chi connectivity index (χ3v) is 4.62. The van der Waals surface area contributed by atoms with E-state index in [9.17, 15) is 0 Å². The molecule has 4 nitrogen and oxygen atoms in total. The fourth-order valence-electron chi connectivity index (χ4n) is 3.50. The highest BCUT2D eigenvalue weighted by molar-refractivity contribution is 5.40. The molecule has 0 aromatic carbocycles. The molecule has 21 heavy (non-hydrogen) atoms. The maximum absolute atomic E-state index is 5.40. The fraction of sp³-hybridized carbons (Fsp3) is 0.706. The van der Waals surface area contributed by atoms with E-state index < -0.39 is 0 Å². The van der Waals surface area contributed by atoms with Gasteiger partial charge in [0.05, 0.1) is 13.2 Å². The maximum atomic E-state index is 5.40. The van der Waals surface area contributed by atoms with Gasteiger partial charge < -0.3 is 9.64 Å². The maximum Gasteiger partial charge on any atom is 0.128 e. The Hall–Kier alpha value is -1.13. The van der Waals surface area contributed by atoms with Gasteiger partial charge in [-0.25, -0.2) is 4.98 Å². The van der Waals surface area contributed by atoms with Crippen molar-refractivity contribution in [2.45, 2.75) is 38.6 Å². The van der Waals surface area contributed by atoms with Gasteiger partial charge in [0, 0.05) is 25.3 Å². The lowest BCUT2D eigenvalue weighted by atomic mass is 9.96. The van der Waals surface area contributed by atoms with E-state index in [1.54, 1.807) is 0 Å². The molecule has 0 unspecified atom stereocenters. The Balaban J connectivity index is 1.70. The summed E-state index contributed by atoms with van der Waals surface area (Å²) in [6.45, 7) is 8.26. The van der Waals surface area contributed by atoms with Crippen LogP contribution in [0.25, 0.3) is 0 Å². The zero-order valence-electron chi connectivity index (χ0n) is 13.1. The highest BCUT2D eigenvalue weighted by Crippen LogP contribution is 2.31. The molecule has 0 radical (unpaired) electrons. The van der Waals surface area contributed by atoms with Crippen LogP contribution in [0.2, 0.25) is 0 Å². The summed E-state index contributed by atoms with van der Waals surface area (Å²) >= 11 is 0. The minimum absolute atomic E-state index is 0.574. The van der Waals surface area contributed by atoms with Crippen LogP contribution in [-0.2, 0) is 4.74 Å². The zero-order chi connectivity index (χ0) is 14.5. The second-order valence-corrected chi connectivity index (χ2v) is 6.10. The first-order valence-electron chi connectivity index (χ1n) is 8.41. The first kappa shape index (κ1) is 14.8. The van der Waals surface area contributed by atoms with E-state index in [0.29, 0.717) is 6.04 Å². The molecular formula is C17H27N3O. The first-order valence-corrected chi connectivity index (χ1v) is 8.41. The number of anilines is 1. The zero-order valence-corrected chi connectivity index (χ0v) is 13.1. The lowest BCUT2D eigenvalue weighted by Crippen LogP contribution is -2.37. The summed E-state index contributed by atoms with van der Waals surface area (Å²) in [4.78, 5) is 9.67. The molecule has 0 aliphatic carbocycles. The molecule has 0 amide bonds. The Morgan fingerprint density at radius 1 is 1.19 bits per heavy atom. The second kappa shape index (κ2) is 7.23. The summed E-state index contributed by atoms with van der Waals surface area (Å²) in [5.74, 6) is 1.10. The molecule has 1 aromatic heterocycles. The molecule has 0 spiro atoms.